The third kappa shape index (κ3) is 5.50. The van der Waals surface area contributed by atoms with Gasteiger partial charge >= 0.3 is 0 Å². The number of thioether (sulfide) groups is 1. The van der Waals surface area contributed by atoms with Gasteiger partial charge in [0, 0.05) is 42.5 Å². The van der Waals surface area contributed by atoms with Crippen molar-refractivity contribution >= 4 is 24.2 Å². The summed E-state index contributed by atoms with van der Waals surface area (Å²) in [5.74, 6) is 0.979. The summed E-state index contributed by atoms with van der Waals surface area (Å²) in [6.07, 6.45) is 4.05. The fourth-order valence-electron chi connectivity index (χ4n) is 2.75. The molecular formula is C18H24ClN3S. The number of rotatable bonds is 6. The van der Waals surface area contributed by atoms with Gasteiger partial charge in [-0.15, -0.1) is 24.2 Å². The van der Waals surface area contributed by atoms with Gasteiger partial charge in [0.15, 0.2) is 0 Å². The monoisotopic (exact) mass is 349 g/mol. The van der Waals surface area contributed by atoms with E-state index in [-0.39, 0.29) is 18.4 Å². The van der Waals surface area contributed by atoms with E-state index in [9.17, 15) is 0 Å². The van der Waals surface area contributed by atoms with E-state index in [1.807, 2.05) is 30.1 Å². The van der Waals surface area contributed by atoms with Crippen molar-refractivity contribution in [2.45, 2.75) is 30.3 Å². The first-order chi connectivity index (χ1) is 10.8. The molecule has 0 radical (unpaired) electrons. The Balaban J connectivity index is 0.00000192. The molecular weight excluding hydrogens is 326 g/mol. The first-order valence-corrected chi connectivity index (χ1v) is 8.88. The molecule has 0 saturated carbocycles. The molecule has 3 rings (SSSR count). The van der Waals surface area contributed by atoms with Gasteiger partial charge < -0.3 is 5.73 Å². The second kappa shape index (κ2) is 9.28. The Morgan fingerprint density at radius 2 is 2.00 bits per heavy atom. The van der Waals surface area contributed by atoms with Crippen molar-refractivity contribution in [1.29, 1.82) is 0 Å². The molecule has 1 aromatic heterocycles. The third-order valence-corrected chi connectivity index (χ3v) is 5.28. The predicted molar refractivity (Wildman–Crippen MR) is 100 cm³/mol. The van der Waals surface area contributed by atoms with Crippen molar-refractivity contribution in [2.24, 2.45) is 5.73 Å². The minimum Gasteiger partial charge on any atom is -0.327 e. The zero-order valence-corrected chi connectivity index (χ0v) is 14.9. The molecule has 1 aliphatic heterocycles. The molecule has 1 aromatic carbocycles. The highest BCUT2D eigenvalue weighted by Crippen LogP contribution is 2.19. The molecule has 0 fully saturated rings. The summed E-state index contributed by atoms with van der Waals surface area (Å²) in [7, 11) is 0. The molecule has 23 heavy (non-hydrogen) atoms. The smallest absolute Gasteiger partial charge is 0.0576 e. The normalized spacial score (nSPS) is 15.5. The van der Waals surface area contributed by atoms with Gasteiger partial charge in [-0.25, -0.2) is 0 Å². The van der Waals surface area contributed by atoms with Crippen LogP contribution in [0.4, 0.5) is 0 Å². The molecule has 1 atom stereocenters. The topological polar surface area (TPSA) is 42.1 Å². The Kier molecular flexibility index (Phi) is 7.37. The molecule has 2 aromatic rings. The molecule has 3 nitrogen and oxygen atoms in total. The lowest BCUT2D eigenvalue weighted by Gasteiger charge is -2.28. The minimum atomic E-state index is 0. The minimum absolute atomic E-state index is 0. The quantitative estimate of drug-likeness (QED) is 0.812. The van der Waals surface area contributed by atoms with E-state index >= 15 is 0 Å². The fraction of sp³-hybridized carbons (Fsp3) is 0.389. The first-order valence-electron chi connectivity index (χ1n) is 7.90. The number of nitrogens with two attached hydrogens (primary N) is 1. The van der Waals surface area contributed by atoms with E-state index < -0.39 is 0 Å². The second-order valence-electron chi connectivity index (χ2n) is 5.81. The van der Waals surface area contributed by atoms with Gasteiger partial charge in [-0.3, -0.25) is 9.88 Å². The maximum atomic E-state index is 6.27. The number of benzene rings is 1. The van der Waals surface area contributed by atoms with Gasteiger partial charge in [0.2, 0.25) is 0 Å². The molecule has 2 N–H and O–H groups in total. The molecule has 5 heteroatoms. The van der Waals surface area contributed by atoms with Crippen LogP contribution < -0.4 is 5.73 Å². The molecule has 124 valence electrons. The largest absolute Gasteiger partial charge is 0.327 e. The van der Waals surface area contributed by atoms with Crippen molar-refractivity contribution in [1.82, 2.24) is 9.88 Å². The van der Waals surface area contributed by atoms with Crippen LogP contribution in [0.15, 0.2) is 53.6 Å². The van der Waals surface area contributed by atoms with E-state index in [1.54, 1.807) is 0 Å². The Morgan fingerprint density at radius 3 is 2.83 bits per heavy atom. The summed E-state index contributed by atoms with van der Waals surface area (Å²) in [5, 5.41) is 0. The Bertz CT molecular complexity index is 594. The number of nitrogens with zero attached hydrogens (tertiary/aromatic N) is 2. The number of fused-ring (bicyclic) bond motifs is 1. The lowest BCUT2D eigenvalue weighted by atomic mass is 10.0. The standard InChI is InChI=1S/C18H23N3S.ClH/c19-16(14-22-17-6-2-1-3-7-17)9-12-21-11-8-15-5-4-10-20-18(15)13-21;/h1-7,10,16H,8-9,11-14,19H2;1H/t16-;/m1./s1. The summed E-state index contributed by atoms with van der Waals surface area (Å²) in [4.78, 5) is 8.27. The number of aromatic nitrogens is 1. The average molecular weight is 350 g/mol. The van der Waals surface area contributed by atoms with Crippen LogP contribution in [0.1, 0.15) is 17.7 Å². The Hall–Kier alpha value is -1.07. The van der Waals surface area contributed by atoms with Gasteiger partial charge in [-0.2, -0.15) is 0 Å². The zero-order chi connectivity index (χ0) is 15.2. The van der Waals surface area contributed by atoms with Crippen molar-refractivity contribution in [3.05, 3.63) is 59.9 Å². The molecule has 1 aliphatic rings. The Labute approximate surface area is 149 Å². The molecule has 2 heterocycles. The SMILES string of the molecule is Cl.N[C@H](CCN1CCc2cccnc2C1)CSc1ccccc1. The molecule has 0 unspecified atom stereocenters. The average Bonchev–Trinajstić information content (AvgIpc) is 2.59. The highest BCUT2D eigenvalue weighted by Gasteiger charge is 2.17. The summed E-state index contributed by atoms with van der Waals surface area (Å²) < 4.78 is 0. The number of hydrogen-bond donors (Lipinski definition) is 1. The highest BCUT2D eigenvalue weighted by atomic mass is 35.5. The van der Waals surface area contributed by atoms with Gasteiger partial charge in [-0.1, -0.05) is 24.3 Å². The van der Waals surface area contributed by atoms with Crippen LogP contribution in [0.3, 0.4) is 0 Å². The molecule has 0 spiro atoms. The zero-order valence-electron chi connectivity index (χ0n) is 13.2. The molecule has 0 aliphatic carbocycles. The van der Waals surface area contributed by atoms with Crippen LogP contribution in [-0.2, 0) is 13.0 Å². The second-order valence-corrected chi connectivity index (χ2v) is 6.90. The van der Waals surface area contributed by atoms with Crippen LogP contribution in [0.5, 0.6) is 0 Å². The summed E-state index contributed by atoms with van der Waals surface area (Å²) >= 11 is 1.85. The van der Waals surface area contributed by atoms with Crippen LogP contribution in [0.2, 0.25) is 0 Å². The van der Waals surface area contributed by atoms with Crippen molar-refractivity contribution in [3.8, 4) is 0 Å². The van der Waals surface area contributed by atoms with Crippen molar-refractivity contribution < 1.29 is 0 Å². The van der Waals surface area contributed by atoms with Gasteiger partial charge in [0.1, 0.15) is 0 Å². The predicted octanol–water partition coefficient (Wildman–Crippen LogP) is 3.37. The van der Waals surface area contributed by atoms with Gasteiger partial charge in [-0.05, 0) is 36.6 Å². The maximum Gasteiger partial charge on any atom is 0.0576 e. The van der Waals surface area contributed by atoms with Crippen LogP contribution in [0.25, 0.3) is 0 Å². The van der Waals surface area contributed by atoms with E-state index in [4.69, 9.17) is 5.73 Å². The maximum absolute atomic E-state index is 6.27. The van der Waals surface area contributed by atoms with Crippen molar-refractivity contribution in [2.75, 3.05) is 18.8 Å². The Morgan fingerprint density at radius 1 is 1.17 bits per heavy atom. The fourth-order valence-corrected chi connectivity index (χ4v) is 3.68. The van der Waals surface area contributed by atoms with Crippen molar-refractivity contribution in [3.63, 3.8) is 0 Å². The summed E-state index contributed by atoms with van der Waals surface area (Å²) in [5.41, 5.74) is 8.91. The van der Waals surface area contributed by atoms with Crippen LogP contribution in [-0.4, -0.2) is 34.8 Å². The van der Waals surface area contributed by atoms with E-state index in [1.165, 1.54) is 16.2 Å². The van der Waals surface area contributed by atoms with E-state index in [0.717, 1.165) is 38.2 Å². The molecule has 0 bridgehead atoms. The van der Waals surface area contributed by atoms with Crippen LogP contribution in [0, 0.1) is 0 Å². The number of hydrogen-bond acceptors (Lipinski definition) is 4. The lowest BCUT2D eigenvalue weighted by Crippen LogP contribution is -2.35. The lowest BCUT2D eigenvalue weighted by molar-refractivity contribution is 0.242. The third-order valence-electron chi connectivity index (χ3n) is 4.08. The van der Waals surface area contributed by atoms with Crippen LogP contribution >= 0.6 is 24.2 Å². The summed E-state index contributed by atoms with van der Waals surface area (Å²) in [6, 6.07) is 15.0. The van der Waals surface area contributed by atoms with Gasteiger partial charge in [0.05, 0.1) is 5.69 Å². The molecule has 0 saturated heterocycles. The first kappa shape index (κ1) is 18.3. The highest BCUT2D eigenvalue weighted by molar-refractivity contribution is 7.99. The molecule has 0 amide bonds. The summed E-state index contributed by atoms with van der Waals surface area (Å²) in [6.45, 7) is 3.15. The number of halogens is 1. The number of pyridine rings is 1. The van der Waals surface area contributed by atoms with E-state index in [0.29, 0.717) is 0 Å². The van der Waals surface area contributed by atoms with Gasteiger partial charge in [0.25, 0.3) is 0 Å². The van der Waals surface area contributed by atoms with E-state index in [2.05, 4.69) is 40.2 Å².